The second kappa shape index (κ2) is 7.19. The van der Waals surface area contributed by atoms with Crippen LogP contribution in [0.25, 0.3) is 11.1 Å². The number of rotatable bonds is 0. The molecule has 9 heteroatoms. The van der Waals surface area contributed by atoms with Gasteiger partial charge in [-0.3, -0.25) is 0 Å². The van der Waals surface area contributed by atoms with Crippen molar-refractivity contribution >= 4 is 11.9 Å². The fourth-order valence-corrected chi connectivity index (χ4v) is 2.28. The predicted octanol–water partition coefficient (Wildman–Crippen LogP) is 4.44. The van der Waals surface area contributed by atoms with E-state index < -0.39 is 24.3 Å². The molecule has 3 nitrogen and oxygen atoms in total. The van der Waals surface area contributed by atoms with E-state index in [1.807, 2.05) is 0 Å². The van der Waals surface area contributed by atoms with Crippen LogP contribution in [0.2, 0.25) is 0 Å². The van der Waals surface area contributed by atoms with Crippen LogP contribution in [0, 0.1) is 0 Å². The molecule has 1 aliphatic carbocycles. The Kier molecular flexibility index (Phi) is 5.38. The highest BCUT2D eigenvalue weighted by molar-refractivity contribution is 5.90. The van der Waals surface area contributed by atoms with E-state index in [9.17, 15) is 35.9 Å². The number of benzene rings is 2. The van der Waals surface area contributed by atoms with Gasteiger partial charge in [-0.15, -0.1) is 0 Å². The number of ether oxygens (including phenoxy) is 1. The number of hydrogen-bond acceptors (Lipinski definition) is 3. The highest BCUT2D eigenvalue weighted by atomic mass is 19.4. The summed E-state index contributed by atoms with van der Waals surface area (Å²) >= 11 is 0. The molecule has 0 saturated carbocycles. The molecule has 0 atom stereocenters. The molecule has 3 rings (SSSR count). The third kappa shape index (κ3) is 4.62. The monoisotopic (exact) mass is 376 g/mol. The summed E-state index contributed by atoms with van der Waals surface area (Å²) in [7, 11) is 0. The third-order valence-electron chi connectivity index (χ3n) is 3.35. The number of alkyl halides is 6. The Morgan fingerprint density at radius 2 is 1.04 bits per heavy atom. The molecule has 0 amide bonds. The Morgan fingerprint density at radius 3 is 1.38 bits per heavy atom. The topological polar surface area (TPSA) is 43.4 Å². The summed E-state index contributed by atoms with van der Waals surface area (Å²) in [5.74, 6) is -6.40. The van der Waals surface area contributed by atoms with Crippen molar-refractivity contribution in [1.29, 1.82) is 0 Å². The van der Waals surface area contributed by atoms with E-state index in [2.05, 4.69) is 53.3 Å². The number of esters is 2. The molecule has 0 saturated heterocycles. The van der Waals surface area contributed by atoms with Crippen molar-refractivity contribution in [2.45, 2.75) is 18.8 Å². The van der Waals surface area contributed by atoms with Crippen LogP contribution in [0.3, 0.4) is 0 Å². The van der Waals surface area contributed by atoms with Gasteiger partial charge in [0.2, 0.25) is 0 Å². The quantitative estimate of drug-likeness (QED) is 0.331. The molecule has 0 radical (unpaired) electrons. The third-order valence-corrected chi connectivity index (χ3v) is 3.35. The molecular weight excluding hydrogens is 366 g/mol. The average molecular weight is 376 g/mol. The lowest BCUT2D eigenvalue weighted by Crippen LogP contribution is -2.34. The smallest absolute Gasteiger partial charge is 0.380 e. The van der Waals surface area contributed by atoms with E-state index in [1.165, 1.54) is 22.3 Å². The maximum Gasteiger partial charge on any atom is 0.491 e. The van der Waals surface area contributed by atoms with Crippen LogP contribution in [0.4, 0.5) is 26.3 Å². The molecule has 0 fully saturated rings. The first-order valence-electron chi connectivity index (χ1n) is 7.06. The van der Waals surface area contributed by atoms with Crippen LogP contribution in [0.15, 0.2) is 48.5 Å². The lowest BCUT2D eigenvalue weighted by Gasteiger charge is -2.06. The Morgan fingerprint density at radius 1 is 0.692 bits per heavy atom. The standard InChI is InChI=1S/C13H10.C4F6O3/c1-3-7-12-10(5-1)9-11-6-2-4-8-13(11)12;5-3(6,7)1(11)13-2(12)4(8,9)10/h1-8H,9H2;. The Bertz CT molecular complexity index is 756. The van der Waals surface area contributed by atoms with Gasteiger partial charge in [0.15, 0.2) is 0 Å². The van der Waals surface area contributed by atoms with E-state index in [0.717, 1.165) is 6.42 Å². The molecule has 0 spiro atoms. The second-order valence-electron chi connectivity index (χ2n) is 5.16. The summed E-state index contributed by atoms with van der Waals surface area (Å²) in [5, 5.41) is 0. The van der Waals surface area contributed by atoms with Crippen LogP contribution in [-0.2, 0) is 20.7 Å². The van der Waals surface area contributed by atoms with E-state index in [-0.39, 0.29) is 0 Å². The van der Waals surface area contributed by atoms with Crippen molar-refractivity contribution in [3.8, 4) is 11.1 Å². The molecule has 1 aliphatic rings. The first-order valence-corrected chi connectivity index (χ1v) is 7.06. The maximum atomic E-state index is 11.2. The van der Waals surface area contributed by atoms with Crippen molar-refractivity contribution in [3.05, 3.63) is 59.7 Å². The van der Waals surface area contributed by atoms with Crippen molar-refractivity contribution in [2.24, 2.45) is 0 Å². The van der Waals surface area contributed by atoms with Gasteiger partial charge in [0, 0.05) is 0 Å². The molecule has 0 unspecified atom stereocenters. The largest absolute Gasteiger partial charge is 0.491 e. The number of hydrogen-bond donors (Lipinski definition) is 0. The number of carbonyl (C=O) groups is 2. The van der Waals surface area contributed by atoms with Crippen molar-refractivity contribution in [2.75, 3.05) is 0 Å². The zero-order valence-electron chi connectivity index (χ0n) is 12.8. The zero-order valence-corrected chi connectivity index (χ0v) is 12.8. The van der Waals surface area contributed by atoms with Gasteiger partial charge in [-0.05, 0) is 28.7 Å². The number of halogens is 6. The summed E-state index contributed by atoms with van der Waals surface area (Å²) < 4.78 is 69.7. The molecule has 0 N–H and O–H groups in total. The van der Waals surface area contributed by atoms with Gasteiger partial charge in [0.05, 0.1) is 0 Å². The minimum atomic E-state index is -5.62. The van der Waals surface area contributed by atoms with Crippen molar-refractivity contribution < 1.29 is 40.7 Å². The van der Waals surface area contributed by atoms with E-state index in [4.69, 9.17) is 0 Å². The lowest BCUT2D eigenvalue weighted by molar-refractivity contribution is -0.221. The maximum absolute atomic E-state index is 11.2. The van der Waals surface area contributed by atoms with Crippen LogP contribution in [0.5, 0.6) is 0 Å². The van der Waals surface area contributed by atoms with Gasteiger partial charge >= 0.3 is 24.3 Å². The molecule has 26 heavy (non-hydrogen) atoms. The SMILES string of the molecule is O=C(OC(=O)C(F)(F)F)C(F)(F)F.c1ccc2c(c1)Cc1ccccc1-2. The fraction of sp³-hybridized carbons (Fsp3) is 0.176. The van der Waals surface area contributed by atoms with Gasteiger partial charge in [-0.1, -0.05) is 48.5 Å². The molecule has 2 aromatic rings. The van der Waals surface area contributed by atoms with Gasteiger partial charge in [-0.25, -0.2) is 9.59 Å². The van der Waals surface area contributed by atoms with Crippen LogP contribution >= 0.6 is 0 Å². The van der Waals surface area contributed by atoms with Gasteiger partial charge in [-0.2, -0.15) is 26.3 Å². The van der Waals surface area contributed by atoms with Crippen LogP contribution < -0.4 is 0 Å². The molecule has 0 bridgehead atoms. The normalized spacial score (nSPS) is 12.4. The summed E-state index contributed by atoms with van der Waals surface area (Å²) in [6.07, 6.45) is -10.1. The first-order chi connectivity index (χ1) is 12.0. The zero-order chi connectivity index (χ0) is 19.5. The number of fused-ring (bicyclic) bond motifs is 3. The molecule has 0 aromatic heterocycles. The Labute approximate surface area is 143 Å². The fourth-order valence-electron chi connectivity index (χ4n) is 2.28. The highest BCUT2D eigenvalue weighted by Crippen LogP contribution is 2.35. The van der Waals surface area contributed by atoms with Gasteiger partial charge < -0.3 is 4.74 Å². The molecule has 0 heterocycles. The van der Waals surface area contributed by atoms with E-state index in [1.54, 1.807) is 0 Å². The van der Waals surface area contributed by atoms with E-state index >= 15 is 0 Å². The minimum absolute atomic E-state index is 1.10. The van der Waals surface area contributed by atoms with Crippen LogP contribution in [-0.4, -0.2) is 24.3 Å². The molecular formula is C17H10F6O3. The van der Waals surface area contributed by atoms with Crippen molar-refractivity contribution in [3.63, 3.8) is 0 Å². The first kappa shape index (κ1) is 19.5. The van der Waals surface area contributed by atoms with Crippen LogP contribution in [0.1, 0.15) is 11.1 Å². The molecule has 138 valence electrons. The minimum Gasteiger partial charge on any atom is -0.380 e. The summed E-state index contributed by atoms with van der Waals surface area (Å²) in [5.41, 5.74) is 5.75. The summed E-state index contributed by atoms with van der Waals surface area (Å²) in [6.45, 7) is 0. The summed E-state index contributed by atoms with van der Waals surface area (Å²) in [4.78, 5) is 19.3. The van der Waals surface area contributed by atoms with E-state index in [0.29, 0.717) is 0 Å². The van der Waals surface area contributed by atoms with Crippen molar-refractivity contribution in [1.82, 2.24) is 0 Å². The van der Waals surface area contributed by atoms with Gasteiger partial charge in [0.1, 0.15) is 0 Å². The average Bonchev–Trinajstić information content (AvgIpc) is 2.92. The Hall–Kier alpha value is -2.84. The van der Waals surface area contributed by atoms with Gasteiger partial charge in [0.25, 0.3) is 0 Å². The summed E-state index contributed by atoms with van der Waals surface area (Å²) in [6, 6.07) is 17.3. The second-order valence-corrected chi connectivity index (χ2v) is 5.16. The lowest BCUT2D eigenvalue weighted by atomic mass is 10.1. The molecule has 2 aromatic carbocycles. The highest BCUT2D eigenvalue weighted by Gasteiger charge is 2.49. The predicted molar refractivity (Wildman–Crippen MR) is 77.9 cm³/mol. The molecule has 0 aliphatic heterocycles. The number of carbonyl (C=O) groups excluding carboxylic acids is 2. The Balaban J connectivity index is 0.000000187.